The Bertz CT molecular complexity index is 1220. The summed E-state index contributed by atoms with van der Waals surface area (Å²) in [6.45, 7) is 4.31. The maximum Gasteiger partial charge on any atom is 0.382 e. The number of nitrogens with two attached hydrogens (primary N) is 1. The van der Waals surface area contributed by atoms with Crippen LogP contribution in [0.25, 0.3) is 11.1 Å². The number of halogens is 1. The van der Waals surface area contributed by atoms with E-state index < -0.39 is 16.3 Å². The van der Waals surface area contributed by atoms with E-state index in [1.54, 1.807) is 12.1 Å². The molecule has 0 radical (unpaired) electrons. The van der Waals surface area contributed by atoms with Crippen LogP contribution in [0.1, 0.15) is 15.9 Å². The van der Waals surface area contributed by atoms with Gasteiger partial charge in [0.2, 0.25) is 0 Å². The first kappa shape index (κ1) is 23.3. The number of anilines is 1. The number of rotatable bonds is 6. The van der Waals surface area contributed by atoms with Gasteiger partial charge in [-0.15, -0.1) is 0 Å². The Morgan fingerprint density at radius 2 is 1.55 bits per heavy atom. The third kappa shape index (κ3) is 6.11. The minimum Gasteiger partial charge on any atom is -0.369 e. The first-order chi connectivity index (χ1) is 15.8. The summed E-state index contributed by atoms with van der Waals surface area (Å²) >= 11 is 6.04. The summed E-state index contributed by atoms with van der Waals surface area (Å²) in [7, 11) is -4.33. The molecule has 4 rings (SSSR count). The Kier molecular flexibility index (Phi) is 6.99. The number of carbonyl (C=O) groups excluding carboxylic acids is 1. The first-order valence-corrected chi connectivity index (χ1v) is 12.3. The quantitative estimate of drug-likeness (QED) is 0.572. The Morgan fingerprint density at radius 1 is 0.909 bits per heavy atom. The maximum absolute atomic E-state index is 11.8. The van der Waals surface area contributed by atoms with Crippen molar-refractivity contribution in [2.75, 3.05) is 31.1 Å². The molecule has 33 heavy (non-hydrogen) atoms. The van der Waals surface area contributed by atoms with Crippen molar-refractivity contribution in [2.24, 2.45) is 5.14 Å². The molecule has 0 aliphatic carbocycles. The average molecular weight is 486 g/mol. The third-order valence-corrected chi connectivity index (χ3v) is 6.23. The monoisotopic (exact) mass is 485 g/mol. The predicted molar refractivity (Wildman–Crippen MR) is 129 cm³/mol. The van der Waals surface area contributed by atoms with Gasteiger partial charge >= 0.3 is 16.3 Å². The summed E-state index contributed by atoms with van der Waals surface area (Å²) in [5.41, 5.74) is 4.72. The van der Waals surface area contributed by atoms with Gasteiger partial charge < -0.3 is 9.08 Å². The van der Waals surface area contributed by atoms with E-state index in [0.29, 0.717) is 0 Å². The highest BCUT2D eigenvalue weighted by Crippen LogP contribution is 2.27. The summed E-state index contributed by atoms with van der Waals surface area (Å²) in [6.07, 6.45) is 0. The first-order valence-electron chi connectivity index (χ1n) is 10.5. The second kappa shape index (κ2) is 9.93. The molecule has 0 spiro atoms. The number of carbonyl (C=O) groups is 1. The molecule has 7 nitrogen and oxygen atoms in total. The van der Waals surface area contributed by atoms with Crippen molar-refractivity contribution in [1.29, 1.82) is 0 Å². The minimum atomic E-state index is -4.33. The number of hydrogen-bond donors (Lipinski definition) is 1. The van der Waals surface area contributed by atoms with E-state index in [4.69, 9.17) is 16.7 Å². The Labute approximate surface area is 198 Å². The van der Waals surface area contributed by atoms with Crippen LogP contribution in [0, 0.1) is 0 Å². The highest BCUT2D eigenvalue weighted by atomic mass is 35.5. The lowest BCUT2D eigenvalue weighted by atomic mass is 9.99. The van der Waals surface area contributed by atoms with Crippen molar-refractivity contribution in [3.05, 3.63) is 88.9 Å². The summed E-state index contributed by atoms with van der Waals surface area (Å²) in [5, 5.41) is 5.47. The molecule has 1 aliphatic rings. The zero-order valence-electron chi connectivity index (χ0n) is 17.9. The van der Waals surface area contributed by atoms with Gasteiger partial charge in [-0.3, -0.25) is 4.90 Å². The summed E-state index contributed by atoms with van der Waals surface area (Å²) in [4.78, 5) is 16.5. The minimum absolute atomic E-state index is 0.130. The van der Waals surface area contributed by atoms with Crippen LogP contribution in [0.2, 0.25) is 5.02 Å². The van der Waals surface area contributed by atoms with Gasteiger partial charge in [0.05, 0.1) is 5.56 Å². The standard InChI is InChI=1S/C24H24ClN3O4S/c25-21-9-5-18(6-10-21)23-4-2-1-3-20(23)17-27-13-15-28(16-14-27)22-11-7-19(8-12-22)24(29)32-33(26,30)31/h1-12H,13-17H2,(H2,26,30,31). The molecule has 9 heteroatoms. The van der Waals surface area contributed by atoms with Crippen LogP contribution in [0.5, 0.6) is 0 Å². The van der Waals surface area contributed by atoms with Gasteiger partial charge in [0.25, 0.3) is 0 Å². The molecule has 0 unspecified atom stereocenters. The van der Waals surface area contributed by atoms with Crippen molar-refractivity contribution in [1.82, 2.24) is 4.90 Å². The largest absolute Gasteiger partial charge is 0.382 e. The number of hydrogen-bond acceptors (Lipinski definition) is 6. The average Bonchev–Trinajstić information content (AvgIpc) is 2.80. The molecule has 3 aromatic rings. The molecule has 1 aliphatic heterocycles. The second-order valence-corrected chi connectivity index (χ2v) is 9.43. The Hall–Kier alpha value is -2.91. The van der Waals surface area contributed by atoms with E-state index in [9.17, 15) is 13.2 Å². The highest BCUT2D eigenvalue weighted by molar-refractivity contribution is 7.84. The number of piperazine rings is 1. The number of nitrogens with zero attached hydrogens (tertiary/aromatic N) is 2. The summed E-state index contributed by atoms with van der Waals surface area (Å²) in [5.74, 6) is -0.992. The van der Waals surface area contributed by atoms with Gasteiger partial charge in [0.15, 0.2) is 0 Å². The molecule has 1 fully saturated rings. The van der Waals surface area contributed by atoms with E-state index in [2.05, 4.69) is 32.2 Å². The molecule has 3 aromatic carbocycles. The van der Waals surface area contributed by atoms with Crippen LogP contribution < -0.4 is 10.0 Å². The topological polar surface area (TPSA) is 92.9 Å². The fourth-order valence-electron chi connectivity index (χ4n) is 3.94. The Morgan fingerprint density at radius 3 is 2.18 bits per heavy atom. The van der Waals surface area contributed by atoms with Gasteiger partial charge in [-0.25, -0.2) is 4.79 Å². The smallest absolute Gasteiger partial charge is 0.369 e. The third-order valence-electron chi connectivity index (χ3n) is 5.60. The summed E-state index contributed by atoms with van der Waals surface area (Å²) < 4.78 is 26.1. The van der Waals surface area contributed by atoms with Gasteiger partial charge in [-0.05, 0) is 53.1 Å². The van der Waals surface area contributed by atoms with E-state index in [-0.39, 0.29) is 5.56 Å². The van der Waals surface area contributed by atoms with Crippen molar-refractivity contribution in [3.63, 3.8) is 0 Å². The van der Waals surface area contributed by atoms with Crippen molar-refractivity contribution >= 4 is 33.6 Å². The number of benzene rings is 3. The lowest BCUT2D eigenvalue weighted by Gasteiger charge is -2.36. The molecule has 1 saturated heterocycles. The van der Waals surface area contributed by atoms with Crippen molar-refractivity contribution < 1.29 is 17.4 Å². The van der Waals surface area contributed by atoms with E-state index in [1.807, 2.05) is 30.3 Å². The summed E-state index contributed by atoms with van der Waals surface area (Å²) in [6, 6.07) is 23.0. The zero-order valence-corrected chi connectivity index (χ0v) is 19.4. The highest BCUT2D eigenvalue weighted by Gasteiger charge is 2.20. The zero-order chi connectivity index (χ0) is 23.4. The molecule has 1 heterocycles. The molecule has 2 N–H and O–H groups in total. The molecule has 0 atom stereocenters. The van der Waals surface area contributed by atoms with E-state index in [1.165, 1.54) is 23.3 Å². The molecule has 172 valence electrons. The van der Waals surface area contributed by atoms with Crippen LogP contribution in [-0.4, -0.2) is 45.5 Å². The molecular formula is C24H24ClN3O4S. The van der Waals surface area contributed by atoms with E-state index >= 15 is 0 Å². The normalized spacial score (nSPS) is 14.8. The maximum atomic E-state index is 11.8. The van der Waals surface area contributed by atoms with Gasteiger partial charge in [0, 0.05) is 43.4 Å². The van der Waals surface area contributed by atoms with Crippen LogP contribution >= 0.6 is 11.6 Å². The molecule has 0 aromatic heterocycles. The lowest BCUT2D eigenvalue weighted by molar-refractivity contribution is 0.0747. The molecule has 0 bridgehead atoms. The fraction of sp³-hybridized carbons (Fsp3) is 0.208. The van der Waals surface area contributed by atoms with Crippen LogP contribution in [-0.2, 0) is 21.0 Å². The van der Waals surface area contributed by atoms with Crippen LogP contribution in [0.4, 0.5) is 5.69 Å². The van der Waals surface area contributed by atoms with Crippen molar-refractivity contribution in [2.45, 2.75) is 6.54 Å². The van der Waals surface area contributed by atoms with Crippen molar-refractivity contribution in [3.8, 4) is 11.1 Å². The van der Waals surface area contributed by atoms with E-state index in [0.717, 1.165) is 49.0 Å². The van der Waals surface area contributed by atoms with Crippen LogP contribution in [0.15, 0.2) is 72.8 Å². The second-order valence-electron chi connectivity index (χ2n) is 7.84. The van der Waals surface area contributed by atoms with Gasteiger partial charge in [-0.1, -0.05) is 48.0 Å². The Balaban J connectivity index is 1.37. The van der Waals surface area contributed by atoms with Gasteiger partial charge in [0.1, 0.15) is 0 Å². The van der Waals surface area contributed by atoms with Crippen LogP contribution in [0.3, 0.4) is 0 Å². The fourth-order valence-corrected chi connectivity index (χ4v) is 4.37. The SMILES string of the molecule is NS(=O)(=O)OC(=O)c1ccc(N2CCN(Cc3ccccc3-c3ccc(Cl)cc3)CC2)cc1. The molecule has 0 amide bonds. The predicted octanol–water partition coefficient (Wildman–Crippen LogP) is 3.69. The molecular weight excluding hydrogens is 462 g/mol. The molecule has 0 saturated carbocycles. The lowest BCUT2D eigenvalue weighted by Crippen LogP contribution is -2.46. The van der Waals surface area contributed by atoms with Gasteiger partial charge in [-0.2, -0.15) is 13.6 Å².